The molecule has 1 aliphatic carbocycles. The first kappa shape index (κ1) is 28.7. The number of methoxy groups -OCH3 is 3. The van der Waals surface area contributed by atoms with Crippen molar-refractivity contribution in [3.8, 4) is 22.6 Å². The summed E-state index contributed by atoms with van der Waals surface area (Å²) in [5, 5.41) is 13.6. The number of hydrogen-bond acceptors (Lipinski definition) is 7. The van der Waals surface area contributed by atoms with Crippen LogP contribution in [0.4, 0.5) is 5.69 Å². The highest BCUT2D eigenvalue weighted by atomic mass is 16.5. The Morgan fingerprint density at radius 3 is 2.21 bits per heavy atom. The molecule has 1 heterocycles. The van der Waals surface area contributed by atoms with Crippen LogP contribution in [0, 0.1) is 6.92 Å². The lowest BCUT2D eigenvalue weighted by atomic mass is 9.86. The molecule has 9 nitrogen and oxygen atoms in total. The molecule has 4 rings (SSSR count). The Bertz CT molecular complexity index is 1150. The van der Waals surface area contributed by atoms with Crippen molar-refractivity contribution in [2.45, 2.75) is 63.7 Å². The Labute approximate surface area is 230 Å². The zero-order valence-corrected chi connectivity index (χ0v) is 23.4. The summed E-state index contributed by atoms with van der Waals surface area (Å²) < 4.78 is 22.3. The number of nitrogens with one attached hydrogen (secondary N) is 1. The van der Waals surface area contributed by atoms with E-state index in [9.17, 15) is 14.7 Å². The van der Waals surface area contributed by atoms with Crippen LogP contribution in [-0.2, 0) is 25.7 Å². The standard InChI is InChI=1S/C30H40N2O7/c1-20-13-23(31-30(29(34)35)9-11-32(12-10-30)27(33)19-36-2)14-22(18-39-24-7-5-6-8-24)28(20)21-15-25(37-3)17-26(16-21)38-4/h13-17,24,31H,5-12,18-19H2,1-4H3,(H,34,35). The Morgan fingerprint density at radius 2 is 1.64 bits per heavy atom. The van der Waals surface area contributed by atoms with Gasteiger partial charge in [0.1, 0.15) is 23.6 Å². The van der Waals surface area contributed by atoms with Gasteiger partial charge in [0.15, 0.2) is 0 Å². The highest BCUT2D eigenvalue weighted by Crippen LogP contribution is 2.38. The van der Waals surface area contributed by atoms with Gasteiger partial charge in [-0.2, -0.15) is 0 Å². The third-order valence-corrected chi connectivity index (χ3v) is 7.86. The fourth-order valence-corrected chi connectivity index (χ4v) is 5.69. The van der Waals surface area contributed by atoms with Crippen LogP contribution in [0.3, 0.4) is 0 Å². The minimum atomic E-state index is -1.18. The molecule has 0 aromatic heterocycles. The van der Waals surface area contributed by atoms with Crippen molar-refractivity contribution in [2.75, 3.05) is 46.3 Å². The number of hydrogen-bond donors (Lipinski definition) is 2. The highest BCUT2D eigenvalue weighted by molar-refractivity contribution is 5.85. The number of rotatable bonds is 11. The van der Waals surface area contributed by atoms with Gasteiger partial charge >= 0.3 is 5.97 Å². The maximum atomic E-state index is 12.5. The molecule has 212 valence electrons. The molecule has 1 aliphatic heterocycles. The normalized spacial score (nSPS) is 17.2. The molecule has 1 amide bonds. The smallest absolute Gasteiger partial charge is 0.329 e. The predicted molar refractivity (Wildman–Crippen MR) is 148 cm³/mol. The van der Waals surface area contributed by atoms with Crippen molar-refractivity contribution in [1.29, 1.82) is 0 Å². The van der Waals surface area contributed by atoms with E-state index in [0.29, 0.717) is 44.0 Å². The maximum absolute atomic E-state index is 12.5. The number of aliphatic carboxylic acids is 1. The van der Waals surface area contributed by atoms with Crippen molar-refractivity contribution >= 4 is 17.6 Å². The molecule has 0 atom stereocenters. The lowest BCUT2D eigenvalue weighted by Gasteiger charge is -2.40. The van der Waals surface area contributed by atoms with Gasteiger partial charge in [0.25, 0.3) is 0 Å². The van der Waals surface area contributed by atoms with Crippen LogP contribution in [0.2, 0.25) is 0 Å². The second-order valence-electron chi connectivity index (χ2n) is 10.5. The molecule has 0 radical (unpaired) electrons. The van der Waals surface area contributed by atoms with Gasteiger partial charge in [-0.25, -0.2) is 4.79 Å². The number of carboxylic acid groups (broad SMARTS) is 1. The fraction of sp³-hybridized carbons (Fsp3) is 0.533. The molecule has 0 spiro atoms. The molecule has 0 bridgehead atoms. The largest absolute Gasteiger partial charge is 0.497 e. The summed E-state index contributed by atoms with van der Waals surface area (Å²) in [4.78, 5) is 26.5. The molecular formula is C30H40N2O7. The summed E-state index contributed by atoms with van der Waals surface area (Å²) in [6.45, 7) is 3.12. The van der Waals surface area contributed by atoms with Crippen LogP contribution in [0.15, 0.2) is 30.3 Å². The van der Waals surface area contributed by atoms with E-state index in [0.717, 1.165) is 40.8 Å². The van der Waals surface area contributed by atoms with Crippen molar-refractivity contribution in [3.63, 3.8) is 0 Å². The van der Waals surface area contributed by atoms with Gasteiger partial charge < -0.3 is 34.3 Å². The number of carboxylic acids is 1. The second-order valence-corrected chi connectivity index (χ2v) is 10.5. The summed E-state index contributed by atoms with van der Waals surface area (Å²) in [7, 11) is 4.73. The molecule has 0 unspecified atom stereocenters. The fourth-order valence-electron chi connectivity index (χ4n) is 5.69. The molecule has 2 aromatic rings. The van der Waals surface area contributed by atoms with Crippen LogP contribution >= 0.6 is 0 Å². The van der Waals surface area contributed by atoms with Gasteiger partial charge in [0.05, 0.1) is 26.9 Å². The molecule has 9 heteroatoms. The number of carbonyl (C=O) groups excluding carboxylic acids is 1. The quantitative estimate of drug-likeness (QED) is 0.425. The number of likely N-dealkylation sites (tertiary alicyclic amines) is 1. The summed E-state index contributed by atoms with van der Waals surface area (Å²) >= 11 is 0. The number of amides is 1. The number of carbonyl (C=O) groups is 2. The van der Waals surface area contributed by atoms with Crippen LogP contribution in [-0.4, -0.2) is 74.6 Å². The zero-order chi connectivity index (χ0) is 28.0. The number of aryl methyl sites for hydroxylation is 1. The average Bonchev–Trinajstić information content (AvgIpc) is 3.45. The number of benzene rings is 2. The number of ether oxygens (including phenoxy) is 4. The van der Waals surface area contributed by atoms with E-state index in [2.05, 4.69) is 5.32 Å². The van der Waals surface area contributed by atoms with E-state index in [4.69, 9.17) is 18.9 Å². The number of nitrogens with zero attached hydrogens (tertiary/aromatic N) is 1. The van der Waals surface area contributed by atoms with Crippen LogP contribution < -0.4 is 14.8 Å². The highest BCUT2D eigenvalue weighted by Gasteiger charge is 2.42. The topological polar surface area (TPSA) is 107 Å². The van der Waals surface area contributed by atoms with Crippen molar-refractivity contribution in [2.24, 2.45) is 0 Å². The first-order chi connectivity index (χ1) is 18.8. The Morgan fingerprint density at radius 1 is 1.00 bits per heavy atom. The number of anilines is 1. The molecular weight excluding hydrogens is 500 g/mol. The Hall–Kier alpha value is -3.30. The summed E-state index contributed by atoms with van der Waals surface area (Å²) in [5.41, 5.74) is 3.44. The van der Waals surface area contributed by atoms with Crippen molar-refractivity contribution in [3.05, 3.63) is 41.5 Å². The van der Waals surface area contributed by atoms with Crippen molar-refractivity contribution < 1.29 is 33.6 Å². The molecule has 39 heavy (non-hydrogen) atoms. The molecule has 2 N–H and O–H groups in total. The van der Waals surface area contributed by atoms with Crippen LogP contribution in [0.25, 0.3) is 11.1 Å². The third-order valence-electron chi connectivity index (χ3n) is 7.86. The van der Waals surface area contributed by atoms with E-state index >= 15 is 0 Å². The monoisotopic (exact) mass is 540 g/mol. The van der Waals surface area contributed by atoms with Crippen LogP contribution in [0.1, 0.15) is 49.7 Å². The molecule has 1 saturated carbocycles. The SMILES string of the molecule is COCC(=O)N1CCC(Nc2cc(C)c(-c3cc(OC)cc(OC)c3)c(COC3CCCC3)c2)(C(=O)O)CC1. The van der Waals surface area contributed by atoms with E-state index in [-0.39, 0.29) is 18.6 Å². The van der Waals surface area contributed by atoms with Gasteiger partial charge in [-0.1, -0.05) is 12.8 Å². The first-order valence-electron chi connectivity index (χ1n) is 13.6. The van der Waals surface area contributed by atoms with E-state index in [1.165, 1.54) is 20.0 Å². The third kappa shape index (κ3) is 6.65. The summed E-state index contributed by atoms with van der Waals surface area (Å²) in [6, 6.07) is 9.76. The summed E-state index contributed by atoms with van der Waals surface area (Å²) in [5.74, 6) is 0.322. The van der Waals surface area contributed by atoms with Gasteiger partial charge in [-0.3, -0.25) is 4.79 Å². The van der Waals surface area contributed by atoms with Gasteiger partial charge in [-0.15, -0.1) is 0 Å². The first-order valence-corrected chi connectivity index (χ1v) is 13.6. The predicted octanol–water partition coefficient (Wildman–Crippen LogP) is 4.64. The molecule has 2 aromatic carbocycles. The zero-order valence-electron chi connectivity index (χ0n) is 23.4. The van der Waals surface area contributed by atoms with Gasteiger partial charge in [-0.05, 0) is 79.1 Å². The van der Waals surface area contributed by atoms with Crippen molar-refractivity contribution in [1.82, 2.24) is 4.90 Å². The lowest BCUT2D eigenvalue weighted by molar-refractivity contribution is -0.147. The van der Waals surface area contributed by atoms with E-state index in [1.807, 2.05) is 37.3 Å². The van der Waals surface area contributed by atoms with Gasteiger partial charge in [0.2, 0.25) is 5.91 Å². The van der Waals surface area contributed by atoms with E-state index in [1.54, 1.807) is 19.1 Å². The Kier molecular flexibility index (Phi) is 9.35. The van der Waals surface area contributed by atoms with E-state index < -0.39 is 11.5 Å². The summed E-state index contributed by atoms with van der Waals surface area (Å²) in [6.07, 6.45) is 5.28. The molecule has 2 aliphatic rings. The van der Waals surface area contributed by atoms with Crippen LogP contribution in [0.5, 0.6) is 11.5 Å². The average molecular weight is 541 g/mol. The lowest BCUT2D eigenvalue weighted by Crippen LogP contribution is -2.55. The second kappa shape index (κ2) is 12.7. The number of piperidine rings is 1. The Balaban J connectivity index is 1.67. The minimum absolute atomic E-state index is 0.00638. The molecule has 2 fully saturated rings. The minimum Gasteiger partial charge on any atom is -0.497 e. The molecule has 1 saturated heterocycles. The maximum Gasteiger partial charge on any atom is 0.329 e. The van der Waals surface area contributed by atoms with Gasteiger partial charge in [0, 0.05) is 32.0 Å².